The minimum atomic E-state index is -4.20. The molecular weight excluding hydrogens is 472 g/mol. The van der Waals surface area contributed by atoms with Gasteiger partial charge in [0.05, 0.1) is 19.1 Å². The number of likely N-dealkylation sites (N-methyl/N-ethyl adjacent to an activating group) is 1. The number of aliphatic imine (C=N–C) groups is 1. The van der Waals surface area contributed by atoms with E-state index >= 15 is 0 Å². The highest BCUT2D eigenvalue weighted by atomic mass is 127. The quantitative estimate of drug-likeness (QED) is 0.342. The monoisotopic (exact) mass is 498 g/mol. The van der Waals surface area contributed by atoms with Crippen molar-refractivity contribution in [2.24, 2.45) is 4.99 Å². The molecule has 1 heterocycles. The first kappa shape index (κ1) is 23.5. The maximum Gasteiger partial charge on any atom is 0.401 e. The van der Waals surface area contributed by atoms with Crippen molar-refractivity contribution < 1.29 is 17.6 Å². The Hall–Kier alpha value is -1.49. The molecule has 9 heteroatoms. The van der Waals surface area contributed by atoms with E-state index in [2.05, 4.69) is 15.6 Å². The fourth-order valence-electron chi connectivity index (χ4n) is 2.53. The minimum absolute atomic E-state index is 0. The van der Waals surface area contributed by atoms with Crippen LogP contribution >= 0.6 is 24.0 Å². The molecule has 0 aliphatic heterocycles. The van der Waals surface area contributed by atoms with Crippen LogP contribution < -0.4 is 10.6 Å². The third-order valence-electron chi connectivity index (χ3n) is 3.77. The molecule has 0 spiro atoms. The van der Waals surface area contributed by atoms with Gasteiger partial charge < -0.3 is 15.1 Å². The fraction of sp³-hybridized carbons (Fsp3) is 0.500. The van der Waals surface area contributed by atoms with Crippen LogP contribution in [0, 0.1) is 0 Å². The predicted molar refractivity (Wildman–Crippen MR) is 113 cm³/mol. The van der Waals surface area contributed by atoms with E-state index in [9.17, 15) is 13.2 Å². The second kappa shape index (κ2) is 10.7. The Morgan fingerprint density at radius 3 is 2.63 bits per heavy atom. The van der Waals surface area contributed by atoms with Gasteiger partial charge in [-0.2, -0.15) is 13.2 Å². The molecule has 2 N–H and O–H groups in total. The van der Waals surface area contributed by atoms with E-state index in [1.165, 1.54) is 11.9 Å². The zero-order chi connectivity index (χ0) is 19.2. The lowest BCUT2D eigenvalue weighted by Crippen LogP contribution is -2.39. The zero-order valence-electron chi connectivity index (χ0n) is 15.6. The van der Waals surface area contributed by atoms with Crippen LogP contribution in [-0.4, -0.2) is 50.3 Å². The molecular formula is C18H26F3IN4O. The SMILES string of the molecule is CCNC(=NCCN(C)CC(F)(F)F)NC(C)c1cc2ccccc2o1.I. The normalized spacial score (nSPS) is 13.5. The summed E-state index contributed by atoms with van der Waals surface area (Å²) < 4.78 is 42.9. The van der Waals surface area contributed by atoms with Gasteiger partial charge in [0, 0.05) is 18.5 Å². The minimum Gasteiger partial charge on any atom is -0.459 e. The number of nitrogens with zero attached hydrogens (tertiary/aromatic N) is 2. The van der Waals surface area contributed by atoms with Gasteiger partial charge in [0.25, 0.3) is 0 Å². The highest BCUT2D eigenvalue weighted by Gasteiger charge is 2.28. The molecule has 0 aliphatic carbocycles. The smallest absolute Gasteiger partial charge is 0.401 e. The molecule has 152 valence electrons. The number of rotatable bonds is 7. The number of para-hydroxylation sites is 1. The van der Waals surface area contributed by atoms with Crippen LogP contribution in [0.2, 0.25) is 0 Å². The highest BCUT2D eigenvalue weighted by Crippen LogP contribution is 2.23. The van der Waals surface area contributed by atoms with E-state index in [0.717, 1.165) is 16.7 Å². The number of hydrogen-bond acceptors (Lipinski definition) is 3. The van der Waals surface area contributed by atoms with Crippen molar-refractivity contribution in [3.8, 4) is 0 Å². The summed E-state index contributed by atoms with van der Waals surface area (Å²) >= 11 is 0. The number of hydrogen-bond donors (Lipinski definition) is 2. The summed E-state index contributed by atoms with van der Waals surface area (Å²) in [6, 6.07) is 9.58. The van der Waals surface area contributed by atoms with Gasteiger partial charge in [-0.15, -0.1) is 24.0 Å². The van der Waals surface area contributed by atoms with Crippen molar-refractivity contribution >= 4 is 40.9 Å². The van der Waals surface area contributed by atoms with Crippen molar-refractivity contribution in [2.75, 3.05) is 33.2 Å². The lowest BCUT2D eigenvalue weighted by Gasteiger charge is -2.19. The van der Waals surface area contributed by atoms with Crippen LogP contribution in [0.3, 0.4) is 0 Å². The third kappa shape index (κ3) is 7.96. The van der Waals surface area contributed by atoms with Gasteiger partial charge >= 0.3 is 6.18 Å². The Kier molecular flexibility index (Phi) is 9.37. The Morgan fingerprint density at radius 1 is 1.30 bits per heavy atom. The average molecular weight is 498 g/mol. The van der Waals surface area contributed by atoms with E-state index < -0.39 is 12.7 Å². The third-order valence-corrected chi connectivity index (χ3v) is 3.77. The Bertz CT molecular complexity index is 700. The van der Waals surface area contributed by atoms with Gasteiger partial charge in [-0.05, 0) is 33.0 Å². The summed E-state index contributed by atoms with van der Waals surface area (Å²) in [7, 11) is 1.43. The summed E-state index contributed by atoms with van der Waals surface area (Å²) in [5.41, 5.74) is 0.812. The van der Waals surface area contributed by atoms with Gasteiger partial charge in [-0.1, -0.05) is 18.2 Å². The van der Waals surface area contributed by atoms with E-state index in [1.807, 2.05) is 44.2 Å². The molecule has 27 heavy (non-hydrogen) atoms. The van der Waals surface area contributed by atoms with Crippen LogP contribution in [0.5, 0.6) is 0 Å². The molecule has 1 atom stereocenters. The molecule has 1 aromatic heterocycles. The van der Waals surface area contributed by atoms with Gasteiger partial charge in [0.15, 0.2) is 5.96 Å². The number of furan rings is 1. The summed E-state index contributed by atoms with van der Waals surface area (Å²) in [6.07, 6.45) is -4.20. The largest absolute Gasteiger partial charge is 0.459 e. The molecule has 2 rings (SSSR count). The predicted octanol–water partition coefficient (Wildman–Crippen LogP) is 4.16. The van der Waals surface area contributed by atoms with Crippen molar-refractivity contribution in [3.05, 3.63) is 36.1 Å². The van der Waals surface area contributed by atoms with Crippen LogP contribution in [0.4, 0.5) is 13.2 Å². The maximum atomic E-state index is 12.3. The highest BCUT2D eigenvalue weighted by molar-refractivity contribution is 14.0. The molecule has 0 saturated heterocycles. The Morgan fingerprint density at radius 2 is 2.00 bits per heavy atom. The van der Waals surface area contributed by atoms with Gasteiger partial charge in [-0.3, -0.25) is 9.89 Å². The molecule has 1 aromatic carbocycles. The van der Waals surface area contributed by atoms with Crippen molar-refractivity contribution in [1.29, 1.82) is 0 Å². The number of benzene rings is 1. The number of halogens is 4. The van der Waals surface area contributed by atoms with Crippen LogP contribution in [-0.2, 0) is 0 Å². The number of nitrogens with one attached hydrogen (secondary N) is 2. The van der Waals surface area contributed by atoms with Gasteiger partial charge in [-0.25, -0.2) is 0 Å². The number of fused-ring (bicyclic) bond motifs is 1. The summed E-state index contributed by atoms with van der Waals surface area (Å²) in [6.45, 7) is 4.06. The van der Waals surface area contributed by atoms with Crippen molar-refractivity contribution in [2.45, 2.75) is 26.1 Å². The standard InChI is InChI=1S/C18H25F3N4O.HI/c1-4-22-17(23-9-10-25(3)12-18(19,20)21)24-13(2)16-11-14-7-5-6-8-15(14)26-16;/h5-8,11,13H,4,9-10,12H2,1-3H3,(H2,22,23,24);1H. The first-order valence-corrected chi connectivity index (χ1v) is 8.57. The van der Waals surface area contributed by atoms with E-state index in [-0.39, 0.29) is 43.1 Å². The molecule has 0 fully saturated rings. The Labute approximate surface area is 174 Å². The Balaban J connectivity index is 0.00000364. The fourth-order valence-corrected chi connectivity index (χ4v) is 2.53. The lowest BCUT2D eigenvalue weighted by molar-refractivity contribution is -0.142. The van der Waals surface area contributed by atoms with Crippen molar-refractivity contribution in [1.82, 2.24) is 15.5 Å². The molecule has 0 radical (unpaired) electrons. The second-order valence-corrected chi connectivity index (χ2v) is 6.17. The number of guanidine groups is 1. The van der Waals surface area contributed by atoms with Gasteiger partial charge in [0.1, 0.15) is 11.3 Å². The molecule has 0 saturated carbocycles. The molecule has 0 aliphatic rings. The van der Waals surface area contributed by atoms with E-state index in [4.69, 9.17) is 4.42 Å². The first-order valence-electron chi connectivity index (χ1n) is 8.57. The molecule has 1 unspecified atom stereocenters. The first-order chi connectivity index (χ1) is 12.3. The van der Waals surface area contributed by atoms with Crippen molar-refractivity contribution in [3.63, 3.8) is 0 Å². The summed E-state index contributed by atoms with van der Waals surface area (Å²) in [5, 5.41) is 7.34. The lowest BCUT2D eigenvalue weighted by atomic mass is 10.2. The topological polar surface area (TPSA) is 52.8 Å². The van der Waals surface area contributed by atoms with Gasteiger partial charge in [0.2, 0.25) is 0 Å². The molecule has 5 nitrogen and oxygen atoms in total. The van der Waals surface area contributed by atoms with E-state index in [1.54, 1.807) is 0 Å². The maximum absolute atomic E-state index is 12.3. The molecule has 2 aromatic rings. The summed E-state index contributed by atoms with van der Waals surface area (Å²) in [5.74, 6) is 1.31. The molecule has 0 amide bonds. The van der Waals surface area contributed by atoms with E-state index in [0.29, 0.717) is 12.5 Å². The zero-order valence-corrected chi connectivity index (χ0v) is 18.0. The molecule has 0 bridgehead atoms. The van der Waals surface area contributed by atoms with Crippen LogP contribution in [0.25, 0.3) is 11.0 Å². The number of alkyl halides is 3. The second-order valence-electron chi connectivity index (χ2n) is 6.17. The average Bonchev–Trinajstić information content (AvgIpc) is 2.97. The van der Waals surface area contributed by atoms with Crippen LogP contribution in [0.15, 0.2) is 39.7 Å². The summed E-state index contributed by atoms with van der Waals surface area (Å²) in [4.78, 5) is 5.55. The van der Waals surface area contributed by atoms with Crippen LogP contribution in [0.1, 0.15) is 25.6 Å².